The molecule has 0 saturated heterocycles. The molecule has 0 unspecified atom stereocenters. The van der Waals surface area contributed by atoms with E-state index in [1.165, 1.54) is 57.8 Å². The van der Waals surface area contributed by atoms with E-state index in [4.69, 9.17) is 0 Å². The quantitative estimate of drug-likeness (QED) is 0.427. The first kappa shape index (κ1) is 20.0. The van der Waals surface area contributed by atoms with Crippen LogP contribution in [-0.4, -0.2) is 0 Å². The van der Waals surface area contributed by atoms with Crippen LogP contribution in [0.1, 0.15) is 105 Å². The molecule has 4 rings (SSSR count). The zero-order valence-electron chi connectivity index (χ0n) is 19.0. The minimum atomic E-state index is 0.625. The number of rotatable bonds is 5. The van der Waals surface area contributed by atoms with Crippen LogP contribution in [0.5, 0.6) is 0 Å². The van der Waals surface area contributed by atoms with Crippen LogP contribution in [0.2, 0.25) is 0 Å². The van der Waals surface area contributed by atoms with E-state index in [0.29, 0.717) is 10.8 Å². The van der Waals surface area contributed by atoms with Crippen molar-refractivity contribution < 1.29 is 0 Å². The van der Waals surface area contributed by atoms with Gasteiger partial charge in [-0.25, -0.2) is 0 Å². The number of hydrogen-bond acceptors (Lipinski definition) is 0. The number of fused-ring (bicyclic) bond motifs is 5. The van der Waals surface area contributed by atoms with Crippen molar-refractivity contribution in [2.24, 2.45) is 52.3 Å². The summed E-state index contributed by atoms with van der Waals surface area (Å²) in [5.74, 6) is 6.92. The normalized spacial score (nSPS) is 47.4. The fourth-order valence-electron chi connectivity index (χ4n) is 8.86. The lowest BCUT2D eigenvalue weighted by atomic mass is 9.45. The minimum absolute atomic E-state index is 0.625. The van der Waals surface area contributed by atoms with Crippen LogP contribution in [-0.2, 0) is 0 Å². The SMILES string of the molecule is CC(C)CCC[C@@H](C)[C@H]1CC[C@H]2[C@@H]3CC[C@@H]4CC=CC[C@]4(C)[C@H]3CC[C@]12C. The third kappa shape index (κ3) is 3.36. The van der Waals surface area contributed by atoms with Gasteiger partial charge in [0.05, 0.1) is 0 Å². The molecule has 4 aliphatic carbocycles. The van der Waals surface area contributed by atoms with Crippen molar-refractivity contribution in [2.75, 3.05) is 0 Å². The van der Waals surface area contributed by atoms with Crippen molar-refractivity contribution in [3.63, 3.8) is 0 Å². The predicted molar refractivity (Wildman–Crippen MR) is 118 cm³/mol. The second kappa shape index (κ2) is 7.53. The van der Waals surface area contributed by atoms with Crippen LogP contribution in [0.3, 0.4) is 0 Å². The second-order valence-electron chi connectivity index (χ2n) is 12.1. The Hall–Kier alpha value is -0.260. The lowest BCUT2D eigenvalue weighted by Crippen LogP contribution is -2.52. The van der Waals surface area contributed by atoms with Gasteiger partial charge < -0.3 is 0 Å². The van der Waals surface area contributed by atoms with Gasteiger partial charge in [-0.3, -0.25) is 0 Å². The van der Waals surface area contributed by atoms with Gasteiger partial charge in [0, 0.05) is 0 Å². The largest absolute Gasteiger partial charge is 0.0882 e. The molecule has 8 atom stereocenters. The molecule has 0 bridgehead atoms. The van der Waals surface area contributed by atoms with Crippen LogP contribution >= 0.6 is 0 Å². The molecule has 0 heterocycles. The summed E-state index contributed by atoms with van der Waals surface area (Å²) >= 11 is 0. The third-order valence-corrected chi connectivity index (χ3v) is 10.4. The van der Waals surface area contributed by atoms with Crippen LogP contribution in [0, 0.1) is 52.3 Å². The molecular formula is C27H46. The van der Waals surface area contributed by atoms with Crippen LogP contribution in [0.4, 0.5) is 0 Å². The second-order valence-corrected chi connectivity index (χ2v) is 12.1. The predicted octanol–water partition coefficient (Wildman–Crippen LogP) is 8.27. The zero-order valence-corrected chi connectivity index (χ0v) is 19.0. The molecule has 0 aromatic carbocycles. The molecule has 154 valence electrons. The summed E-state index contributed by atoms with van der Waals surface area (Å²) in [5.41, 5.74) is 1.28. The molecule has 0 amide bonds. The van der Waals surface area contributed by atoms with Gasteiger partial charge in [0.25, 0.3) is 0 Å². The van der Waals surface area contributed by atoms with Crippen LogP contribution < -0.4 is 0 Å². The van der Waals surface area contributed by atoms with E-state index in [2.05, 4.69) is 46.8 Å². The van der Waals surface area contributed by atoms with E-state index in [1.54, 1.807) is 12.8 Å². The topological polar surface area (TPSA) is 0 Å². The van der Waals surface area contributed by atoms with Crippen LogP contribution in [0.15, 0.2) is 12.2 Å². The van der Waals surface area contributed by atoms with Crippen molar-refractivity contribution in [2.45, 2.75) is 105 Å². The maximum atomic E-state index is 2.74. The van der Waals surface area contributed by atoms with E-state index in [-0.39, 0.29) is 0 Å². The van der Waals surface area contributed by atoms with Gasteiger partial charge in [0.15, 0.2) is 0 Å². The van der Waals surface area contributed by atoms with Crippen LogP contribution in [0.25, 0.3) is 0 Å². The van der Waals surface area contributed by atoms with Gasteiger partial charge in [-0.15, -0.1) is 0 Å². The highest BCUT2D eigenvalue weighted by Gasteiger charge is 2.59. The maximum absolute atomic E-state index is 2.74. The third-order valence-electron chi connectivity index (χ3n) is 10.4. The van der Waals surface area contributed by atoms with E-state index in [0.717, 1.165) is 41.4 Å². The molecule has 0 aliphatic heterocycles. The van der Waals surface area contributed by atoms with Gasteiger partial charge >= 0.3 is 0 Å². The molecule has 0 nitrogen and oxygen atoms in total. The molecule has 0 N–H and O–H groups in total. The molecular weight excluding hydrogens is 324 g/mol. The van der Waals surface area contributed by atoms with Gasteiger partial charge in [0.1, 0.15) is 0 Å². The molecule has 0 radical (unpaired) electrons. The molecule has 27 heavy (non-hydrogen) atoms. The highest BCUT2D eigenvalue weighted by atomic mass is 14.6. The molecule has 0 aromatic rings. The molecule has 3 saturated carbocycles. The molecule has 4 aliphatic rings. The summed E-state index contributed by atoms with van der Waals surface area (Å²) in [6.45, 7) is 12.8. The first-order valence-corrected chi connectivity index (χ1v) is 12.5. The van der Waals surface area contributed by atoms with E-state index >= 15 is 0 Å². The van der Waals surface area contributed by atoms with Crippen molar-refractivity contribution >= 4 is 0 Å². The van der Waals surface area contributed by atoms with Crippen molar-refractivity contribution in [3.8, 4) is 0 Å². The standard InChI is InChI=1S/C27H46/c1-19(2)9-8-10-20(3)23-14-15-24-22-13-12-21-11-6-7-17-26(21,4)25(22)16-18-27(23,24)5/h6-7,19-25H,8-18H2,1-5H3/t20-,21+,22+,23-,24+,25+,26+,27-/m1/s1. The summed E-state index contributed by atoms with van der Waals surface area (Å²) in [5, 5.41) is 0. The Morgan fingerprint density at radius 2 is 1.63 bits per heavy atom. The van der Waals surface area contributed by atoms with Gasteiger partial charge in [-0.05, 0) is 104 Å². The lowest BCUT2D eigenvalue weighted by Gasteiger charge is -2.60. The summed E-state index contributed by atoms with van der Waals surface area (Å²) in [4.78, 5) is 0. The zero-order chi connectivity index (χ0) is 19.2. The van der Waals surface area contributed by atoms with Crippen molar-refractivity contribution in [1.29, 1.82) is 0 Å². The van der Waals surface area contributed by atoms with Crippen molar-refractivity contribution in [3.05, 3.63) is 12.2 Å². The molecule has 0 aromatic heterocycles. The fourth-order valence-corrected chi connectivity index (χ4v) is 8.86. The number of allylic oxidation sites excluding steroid dienone is 2. The first-order chi connectivity index (χ1) is 12.9. The molecule has 0 spiro atoms. The molecule has 3 fully saturated rings. The minimum Gasteiger partial charge on any atom is -0.0882 e. The average molecular weight is 371 g/mol. The Labute approximate surface area is 170 Å². The Kier molecular flexibility index (Phi) is 5.59. The Morgan fingerprint density at radius 1 is 0.852 bits per heavy atom. The Morgan fingerprint density at radius 3 is 2.41 bits per heavy atom. The van der Waals surface area contributed by atoms with Gasteiger partial charge in [-0.2, -0.15) is 0 Å². The molecule has 0 heteroatoms. The van der Waals surface area contributed by atoms with Gasteiger partial charge in [-0.1, -0.05) is 66.0 Å². The summed E-state index contributed by atoms with van der Waals surface area (Å²) < 4.78 is 0. The monoisotopic (exact) mass is 370 g/mol. The first-order valence-electron chi connectivity index (χ1n) is 12.5. The Balaban J connectivity index is 1.47. The Bertz CT molecular complexity index is 544. The highest BCUT2D eigenvalue weighted by molar-refractivity contribution is 5.12. The summed E-state index contributed by atoms with van der Waals surface area (Å²) in [6, 6.07) is 0. The summed E-state index contributed by atoms with van der Waals surface area (Å²) in [6.07, 6.45) is 21.3. The highest BCUT2D eigenvalue weighted by Crippen LogP contribution is 2.68. The van der Waals surface area contributed by atoms with Crippen molar-refractivity contribution in [1.82, 2.24) is 0 Å². The fraction of sp³-hybridized carbons (Fsp3) is 0.926. The lowest BCUT2D eigenvalue weighted by molar-refractivity contribution is -0.101. The maximum Gasteiger partial charge on any atom is -0.0229 e. The smallest absolute Gasteiger partial charge is 0.0229 e. The average Bonchev–Trinajstić information content (AvgIpc) is 2.98. The number of hydrogen-bond donors (Lipinski definition) is 0. The summed E-state index contributed by atoms with van der Waals surface area (Å²) in [7, 11) is 0. The van der Waals surface area contributed by atoms with E-state index < -0.39 is 0 Å². The van der Waals surface area contributed by atoms with E-state index in [1.807, 2.05) is 0 Å². The van der Waals surface area contributed by atoms with E-state index in [9.17, 15) is 0 Å². The van der Waals surface area contributed by atoms with Gasteiger partial charge in [0.2, 0.25) is 0 Å².